The Balaban J connectivity index is 1.45. The first kappa shape index (κ1) is 26.9. The smallest absolute Gasteiger partial charge is 0.314 e. The van der Waals surface area contributed by atoms with Gasteiger partial charge in [0.1, 0.15) is 5.15 Å². The first-order valence-electron chi connectivity index (χ1n) is 11.9. The Morgan fingerprint density at radius 2 is 1.86 bits per heavy atom. The van der Waals surface area contributed by atoms with E-state index in [1.165, 1.54) is 28.6 Å². The molecule has 1 aliphatic heterocycles. The van der Waals surface area contributed by atoms with Crippen LogP contribution in [-0.4, -0.2) is 88.2 Å². The lowest BCUT2D eigenvalue weighted by molar-refractivity contribution is -0.137. The van der Waals surface area contributed by atoms with Crippen molar-refractivity contribution in [3.8, 4) is 0 Å². The highest BCUT2D eigenvalue weighted by Crippen LogP contribution is 2.28. The number of anilines is 1. The summed E-state index contributed by atoms with van der Waals surface area (Å²) in [4.78, 5) is 67.9. The molecule has 0 aromatic carbocycles. The van der Waals surface area contributed by atoms with Crippen LogP contribution in [0.2, 0.25) is 5.15 Å². The highest BCUT2D eigenvalue weighted by molar-refractivity contribution is 7.13. The molecule has 0 bridgehead atoms. The van der Waals surface area contributed by atoms with Crippen LogP contribution < -0.4 is 16.0 Å². The lowest BCUT2D eigenvalue weighted by atomic mass is 9.81. The largest absolute Gasteiger partial charge is 0.349 e. The van der Waals surface area contributed by atoms with Crippen LogP contribution in [0, 0.1) is 5.92 Å². The molecule has 1 saturated carbocycles. The van der Waals surface area contributed by atoms with E-state index in [2.05, 4.69) is 35.8 Å². The van der Waals surface area contributed by atoms with Crippen LogP contribution in [0.5, 0.6) is 0 Å². The van der Waals surface area contributed by atoms with Crippen LogP contribution in [0.1, 0.15) is 39.6 Å². The maximum absolute atomic E-state index is 13.2. The standard InChI is InChI=1S/C23H29ClN8O4S/c1-31(2)23(36)12-4-5-13(27-19(33)20(34)30-18-10-25-17(24)9-26-18)15(8-12)28-21(35)22-29-14-6-7-32(3)11-16(14)37-22/h9-10,12-13,15H,4-8,11H2,1-3H3,(H,27,33)(H,28,35)(H,26,30,34)/t12-,13-,15+/m0/s1. The Bertz CT molecular complexity index is 1190. The average molecular weight is 549 g/mol. The van der Waals surface area contributed by atoms with E-state index in [1.54, 1.807) is 14.1 Å². The van der Waals surface area contributed by atoms with Crippen molar-refractivity contribution in [1.29, 1.82) is 0 Å². The monoisotopic (exact) mass is 548 g/mol. The number of hydrogen-bond donors (Lipinski definition) is 3. The zero-order valence-corrected chi connectivity index (χ0v) is 22.4. The molecule has 2 aliphatic rings. The second kappa shape index (κ2) is 11.5. The van der Waals surface area contributed by atoms with E-state index in [9.17, 15) is 19.2 Å². The third kappa shape index (κ3) is 6.59. The van der Waals surface area contributed by atoms with Gasteiger partial charge in [-0.1, -0.05) is 11.6 Å². The van der Waals surface area contributed by atoms with Crippen LogP contribution in [0.15, 0.2) is 12.4 Å². The molecule has 198 valence electrons. The van der Waals surface area contributed by atoms with Gasteiger partial charge in [-0.05, 0) is 26.3 Å². The number of thiazole rings is 1. The van der Waals surface area contributed by atoms with Crippen LogP contribution >= 0.6 is 22.9 Å². The van der Waals surface area contributed by atoms with Gasteiger partial charge in [-0.25, -0.2) is 15.0 Å². The number of fused-ring (bicyclic) bond motifs is 1. The lowest BCUT2D eigenvalue weighted by Crippen LogP contribution is -2.57. The summed E-state index contributed by atoms with van der Waals surface area (Å²) >= 11 is 7.05. The van der Waals surface area contributed by atoms with E-state index < -0.39 is 23.9 Å². The molecule has 1 aliphatic carbocycles. The molecular weight excluding hydrogens is 520 g/mol. The van der Waals surface area contributed by atoms with Crippen molar-refractivity contribution in [2.75, 3.05) is 33.0 Å². The van der Waals surface area contributed by atoms with Gasteiger partial charge in [0.25, 0.3) is 5.91 Å². The van der Waals surface area contributed by atoms with Crippen LogP contribution in [0.3, 0.4) is 0 Å². The fourth-order valence-corrected chi connectivity index (χ4v) is 5.72. The minimum Gasteiger partial charge on any atom is -0.349 e. The van der Waals surface area contributed by atoms with Crippen molar-refractivity contribution in [2.24, 2.45) is 5.92 Å². The number of likely N-dealkylation sites (N-methyl/N-ethyl adjacent to an activating group) is 1. The molecule has 0 saturated heterocycles. The Morgan fingerprint density at radius 3 is 2.57 bits per heavy atom. The molecule has 3 atom stereocenters. The van der Waals surface area contributed by atoms with E-state index in [4.69, 9.17) is 11.6 Å². The fraction of sp³-hybridized carbons (Fsp3) is 0.522. The zero-order valence-electron chi connectivity index (χ0n) is 20.8. The summed E-state index contributed by atoms with van der Waals surface area (Å²) in [6.45, 7) is 1.63. The van der Waals surface area contributed by atoms with Crippen molar-refractivity contribution >= 4 is 52.4 Å². The third-order valence-corrected chi connectivity index (χ3v) is 7.73. The average Bonchev–Trinajstić information content (AvgIpc) is 3.29. The molecule has 0 spiro atoms. The van der Waals surface area contributed by atoms with E-state index in [0.29, 0.717) is 24.3 Å². The number of amides is 4. The molecule has 4 amide bonds. The Labute approximate surface area is 223 Å². The first-order valence-corrected chi connectivity index (χ1v) is 13.1. The molecule has 4 rings (SSSR count). The molecule has 37 heavy (non-hydrogen) atoms. The predicted molar refractivity (Wildman–Crippen MR) is 137 cm³/mol. The summed E-state index contributed by atoms with van der Waals surface area (Å²) in [5.74, 6) is -2.45. The molecule has 1 fully saturated rings. The number of nitrogens with one attached hydrogen (secondary N) is 3. The molecule has 3 N–H and O–H groups in total. The summed E-state index contributed by atoms with van der Waals surface area (Å²) in [6.07, 6.45) is 4.51. The van der Waals surface area contributed by atoms with Gasteiger partial charge in [-0.15, -0.1) is 11.3 Å². The SMILES string of the molecule is CN1CCc2nc(C(=O)N[C@@H]3C[C@@H](C(=O)N(C)C)CC[C@@H]3NC(=O)C(=O)Nc3cnc(Cl)cn3)sc2C1. The Kier molecular flexibility index (Phi) is 8.35. The van der Waals surface area contributed by atoms with E-state index in [1.807, 2.05) is 7.05 Å². The quantitative estimate of drug-likeness (QED) is 0.462. The number of halogens is 1. The topological polar surface area (TPSA) is 150 Å². The minimum atomic E-state index is -0.926. The normalized spacial score (nSPS) is 21.5. The molecule has 14 heteroatoms. The molecule has 3 heterocycles. The second-order valence-corrected chi connectivity index (χ2v) is 10.9. The maximum atomic E-state index is 13.2. The predicted octanol–water partition coefficient (Wildman–Crippen LogP) is 0.685. The van der Waals surface area contributed by atoms with E-state index >= 15 is 0 Å². The van der Waals surface area contributed by atoms with Gasteiger partial charge in [0.2, 0.25) is 5.91 Å². The van der Waals surface area contributed by atoms with Crippen molar-refractivity contribution < 1.29 is 19.2 Å². The summed E-state index contributed by atoms with van der Waals surface area (Å²) < 4.78 is 0. The Hall–Kier alpha value is -3.16. The molecule has 2 aromatic rings. The second-order valence-electron chi connectivity index (χ2n) is 9.46. The Morgan fingerprint density at radius 1 is 1.08 bits per heavy atom. The molecular formula is C23H29ClN8O4S. The summed E-state index contributed by atoms with van der Waals surface area (Å²) in [5.41, 5.74) is 0.935. The summed E-state index contributed by atoms with van der Waals surface area (Å²) in [7, 11) is 5.39. The van der Waals surface area contributed by atoms with Gasteiger partial charge in [-0.2, -0.15) is 0 Å². The number of rotatable bonds is 5. The fourth-order valence-electron chi connectivity index (χ4n) is 4.53. The van der Waals surface area contributed by atoms with Gasteiger partial charge in [-0.3, -0.25) is 19.2 Å². The zero-order chi connectivity index (χ0) is 26.7. The van der Waals surface area contributed by atoms with Gasteiger partial charge in [0.05, 0.1) is 24.1 Å². The number of aromatic nitrogens is 3. The van der Waals surface area contributed by atoms with Crippen molar-refractivity contribution in [3.05, 3.63) is 33.1 Å². The molecule has 0 radical (unpaired) electrons. The third-order valence-electron chi connectivity index (χ3n) is 6.46. The number of nitrogens with zero attached hydrogens (tertiary/aromatic N) is 5. The highest BCUT2D eigenvalue weighted by Gasteiger charge is 2.37. The van der Waals surface area contributed by atoms with E-state index in [-0.39, 0.29) is 28.7 Å². The summed E-state index contributed by atoms with van der Waals surface area (Å²) in [6, 6.07) is -1.11. The van der Waals surface area contributed by atoms with Crippen LogP contribution in [-0.2, 0) is 27.3 Å². The maximum Gasteiger partial charge on any atom is 0.314 e. The van der Waals surface area contributed by atoms with Crippen LogP contribution in [0.4, 0.5) is 5.82 Å². The van der Waals surface area contributed by atoms with Crippen molar-refractivity contribution in [2.45, 2.75) is 44.3 Å². The van der Waals surface area contributed by atoms with E-state index in [0.717, 1.165) is 30.1 Å². The van der Waals surface area contributed by atoms with Crippen molar-refractivity contribution in [3.63, 3.8) is 0 Å². The number of carbonyl (C=O) groups is 4. The number of carbonyl (C=O) groups excluding carboxylic acids is 4. The van der Waals surface area contributed by atoms with Gasteiger partial charge >= 0.3 is 11.8 Å². The highest BCUT2D eigenvalue weighted by atomic mass is 35.5. The van der Waals surface area contributed by atoms with Crippen molar-refractivity contribution in [1.82, 2.24) is 35.4 Å². The van der Waals surface area contributed by atoms with Gasteiger partial charge in [0.15, 0.2) is 10.8 Å². The molecule has 2 aromatic heterocycles. The lowest BCUT2D eigenvalue weighted by Gasteiger charge is -2.37. The van der Waals surface area contributed by atoms with Crippen LogP contribution in [0.25, 0.3) is 0 Å². The number of hydrogen-bond acceptors (Lipinski definition) is 9. The molecule has 0 unspecified atom stereocenters. The van der Waals surface area contributed by atoms with Gasteiger partial charge in [0, 0.05) is 50.4 Å². The minimum absolute atomic E-state index is 0.0455. The molecule has 12 nitrogen and oxygen atoms in total. The first-order chi connectivity index (χ1) is 17.6. The summed E-state index contributed by atoms with van der Waals surface area (Å²) in [5, 5.41) is 8.56. The van der Waals surface area contributed by atoms with Gasteiger partial charge < -0.3 is 25.8 Å².